The molecule has 3 amide bonds. The van der Waals surface area contributed by atoms with Gasteiger partial charge in [-0.1, -0.05) is 66.4 Å². The number of carbonyl (C=O) groups is 3. The highest BCUT2D eigenvalue weighted by atomic mass is 16.2. The first-order valence-electron chi connectivity index (χ1n) is 13.2. The Kier molecular flexibility index (Phi) is 13.5. The Morgan fingerprint density at radius 1 is 1.06 bits per heavy atom. The van der Waals surface area contributed by atoms with Gasteiger partial charge in [-0.05, 0) is 51.6 Å². The van der Waals surface area contributed by atoms with Crippen LogP contribution in [-0.4, -0.2) is 72.8 Å². The van der Waals surface area contributed by atoms with Gasteiger partial charge in [-0.3, -0.25) is 19.3 Å². The molecule has 0 spiro atoms. The second-order valence-electron chi connectivity index (χ2n) is 10.6. The van der Waals surface area contributed by atoms with Crippen LogP contribution in [0.1, 0.15) is 86.5 Å². The maximum atomic E-state index is 13.5. The number of amides is 3. The number of nitrogens with one attached hydrogen (secondary N) is 2. The van der Waals surface area contributed by atoms with Gasteiger partial charge in [0, 0.05) is 19.2 Å². The van der Waals surface area contributed by atoms with Gasteiger partial charge in [-0.2, -0.15) is 0 Å². The topological polar surface area (TPSA) is 81.8 Å². The van der Waals surface area contributed by atoms with Crippen LogP contribution in [0.25, 0.3) is 0 Å². The zero-order valence-corrected chi connectivity index (χ0v) is 22.9. The first kappa shape index (κ1) is 30.1. The summed E-state index contributed by atoms with van der Waals surface area (Å²) < 4.78 is 0. The van der Waals surface area contributed by atoms with E-state index in [1.165, 1.54) is 12.8 Å². The third-order valence-electron chi connectivity index (χ3n) is 6.88. The third-order valence-corrected chi connectivity index (χ3v) is 6.88. The molecule has 1 heterocycles. The largest absolute Gasteiger partial charge is 0.352 e. The minimum absolute atomic E-state index is 0.0443. The molecule has 0 bridgehead atoms. The molecule has 1 fully saturated rings. The van der Waals surface area contributed by atoms with Crippen LogP contribution in [-0.2, 0) is 14.4 Å². The van der Waals surface area contributed by atoms with Gasteiger partial charge >= 0.3 is 0 Å². The summed E-state index contributed by atoms with van der Waals surface area (Å²) in [4.78, 5) is 42.9. The summed E-state index contributed by atoms with van der Waals surface area (Å²) in [6.07, 6.45) is 9.27. The quantitative estimate of drug-likeness (QED) is 0.312. The molecule has 0 aliphatic carbocycles. The van der Waals surface area contributed by atoms with Crippen LogP contribution in [0.2, 0.25) is 0 Å². The fourth-order valence-electron chi connectivity index (χ4n) is 4.51. The van der Waals surface area contributed by atoms with Crippen molar-refractivity contribution >= 4 is 17.7 Å². The fraction of sp³-hybridized carbons (Fsp3) is 0.815. The van der Waals surface area contributed by atoms with Crippen molar-refractivity contribution in [2.24, 2.45) is 11.8 Å². The number of unbranched alkanes of at least 4 members (excludes halogenated alkanes) is 3. The Morgan fingerprint density at radius 3 is 2.29 bits per heavy atom. The number of likely N-dealkylation sites (N-methyl/N-ethyl adjacent to an activating group) is 2. The molecule has 1 rings (SSSR count). The lowest BCUT2D eigenvalue weighted by molar-refractivity contribution is -0.139. The molecule has 0 aromatic heterocycles. The SMILES string of the molecule is CCCCCCNC(=O)/C(C)=C/[C@H](C(C)C)N(C)C(=O)[C@@H](NC(=O)C1CCCCN1C)C(C)C. The normalized spacial score (nSPS) is 19.1. The Bertz CT molecular complexity index is 689. The summed E-state index contributed by atoms with van der Waals surface area (Å²) in [6, 6.07) is -1.03. The Balaban J connectivity index is 2.88. The highest BCUT2D eigenvalue weighted by Gasteiger charge is 2.34. The molecule has 0 saturated carbocycles. The highest BCUT2D eigenvalue weighted by Crippen LogP contribution is 2.19. The van der Waals surface area contributed by atoms with Gasteiger partial charge in [0.15, 0.2) is 0 Å². The van der Waals surface area contributed by atoms with Crippen LogP contribution in [0.4, 0.5) is 0 Å². The number of nitrogens with zero attached hydrogens (tertiary/aromatic N) is 2. The molecule has 2 N–H and O–H groups in total. The van der Waals surface area contributed by atoms with Crippen molar-refractivity contribution < 1.29 is 14.4 Å². The van der Waals surface area contributed by atoms with Crippen molar-refractivity contribution in [2.45, 2.75) is 105 Å². The maximum Gasteiger partial charge on any atom is 0.246 e. The average Bonchev–Trinajstić information content (AvgIpc) is 2.79. The van der Waals surface area contributed by atoms with E-state index in [0.717, 1.165) is 38.6 Å². The summed E-state index contributed by atoms with van der Waals surface area (Å²) in [5.74, 6) is -0.203. The standard InChI is InChI=1S/C27H50N4O3/c1-9-10-11-13-16-28-25(32)21(6)18-23(19(2)3)31(8)27(34)24(20(4)5)29-26(33)22-15-12-14-17-30(22)7/h18-20,22-24H,9-17H2,1-8H3,(H,28,32)(H,29,33)/b21-18+/t22?,23-,24+/m1/s1. The predicted molar refractivity (Wildman–Crippen MR) is 139 cm³/mol. The number of rotatable bonds is 13. The molecule has 34 heavy (non-hydrogen) atoms. The molecule has 7 nitrogen and oxygen atoms in total. The van der Waals surface area contributed by atoms with E-state index in [2.05, 4.69) is 22.5 Å². The van der Waals surface area contributed by atoms with Crippen LogP contribution < -0.4 is 10.6 Å². The summed E-state index contributed by atoms with van der Waals surface area (Å²) in [5.41, 5.74) is 0.614. The van der Waals surface area contributed by atoms with E-state index < -0.39 is 6.04 Å². The zero-order valence-electron chi connectivity index (χ0n) is 22.9. The van der Waals surface area contributed by atoms with Crippen molar-refractivity contribution in [2.75, 3.05) is 27.2 Å². The summed E-state index contributed by atoms with van der Waals surface area (Å²) >= 11 is 0. The molecule has 1 aliphatic rings. The van der Waals surface area contributed by atoms with Crippen LogP contribution in [0.3, 0.4) is 0 Å². The van der Waals surface area contributed by atoms with Crippen molar-refractivity contribution in [1.82, 2.24) is 20.4 Å². The van der Waals surface area contributed by atoms with Crippen LogP contribution in [0, 0.1) is 11.8 Å². The van der Waals surface area contributed by atoms with E-state index in [4.69, 9.17) is 0 Å². The van der Waals surface area contributed by atoms with Gasteiger partial charge in [0.25, 0.3) is 0 Å². The van der Waals surface area contributed by atoms with Gasteiger partial charge in [-0.15, -0.1) is 0 Å². The molecule has 7 heteroatoms. The molecule has 1 unspecified atom stereocenters. The molecular formula is C27H50N4O3. The summed E-state index contributed by atoms with van der Waals surface area (Å²) in [6.45, 7) is 13.5. The molecule has 1 aliphatic heterocycles. The van der Waals surface area contributed by atoms with Crippen molar-refractivity contribution in [3.63, 3.8) is 0 Å². The molecule has 3 atom stereocenters. The van der Waals surface area contributed by atoms with Crippen LogP contribution >= 0.6 is 0 Å². The number of hydrogen-bond acceptors (Lipinski definition) is 4. The second-order valence-corrected chi connectivity index (χ2v) is 10.6. The zero-order chi connectivity index (χ0) is 25.8. The molecule has 0 radical (unpaired) electrons. The maximum absolute atomic E-state index is 13.5. The van der Waals surface area contributed by atoms with E-state index in [0.29, 0.717) is 12.1 Å². The molecule has 1 saturated heterocycles. The lowest BCUT2D eigenvalue weighted by atomic mass is 9.96. The third kappa shape index (κ3) is 9.40. The van der Waals surface area contributed by atoms with Gasteiger partial charge in [-0.25, -0.2) is 0 Å². The van der Waals surface area contributed by atoms with E-state index >= 15 is 0 Å². The lowest BCUT2D eigenvalue weighted by Gasteiger charge is -2.36. The predicted octanol–water partition coefficient (Wildman–Crippen LogP) is 3.74. The van der Waals surface area contributed by atoms with Crippen molar-refractivity contribution in [3.05, 3.63) is 11.6 Å². The molecule has 196 valence electrons. The lowest BCUT2D eigenvalue weighted by Crippen LogP contribution is -2.57. The monoisotopic (exact) mass is 478 g/mol. The van der Waals surface area contributed by atoms with Gasteiger partial charge in [0.2, 0.25) is 17.7 Å². The summed E-state index contributed by atoms with van der Waals surface area (Å²) in [7, 11) is 3.74. The van der Waals surface area contributed by atoms with Crippen LogP contribution in [0.15, 0.2) is 11.6 Å². The van der Waals surface area contributed by atoms with E-state index in [1.807, 2.05) is 40.8 Å². The minimum Gasteiger partial charge on any atom is -0.352 e. The van der Waals surface area contributed by atoms with E-state index in [-0.39, 0.29) is 41.6 Å². The Morgan fingerprint density at radius 2 is 1.74 bits per heavy atom. The molecular weight excluding hydrogens is 428 g/mol. The van der Waals surface area contributed by atoms with E-state index in [1.54, 1.807) is 18.9 Å². The van der Waals surface area contributed by atoms with Gasteiger partial charge in [0.05, 0.1) is 12.1 Å². The smallest absolute Gasteiger partial charge is 0.246 e. The van der Waals surface area contributed by atoms with Crippen molar-refractivity contribution in [1.29, 1.82) is 0 Å². The van der Waals surface area contributed by atoms with Crippen molar-refractivity contribution in [3.8, 4) is 0 Å². The number of piperidine rings is 1. The number of carbonyl (C=O) groups excluding carboxylic acids is 3. The average molecular weight is 479 g/mol. The number of hydrogen-bond donors (Lipinski definition) is 2. The highest BCUT2D eigenvalue weighted by molar-refractivity contribution is 5.93. The molecule has 0 aromatic rings. The van der Waals surface area contributed by atoms with Gasteiger partial charge in [0.1, 0.15) is 6.04 Å². The summed E-state index contributed by atoms with van der Waals surface area (Å²) in [5, 5.41) is 6.03. The Hall–Kier alpha value is -1.89. The number of likely N-dealkylation sites (tertiary alicyclic amines) is 1. The van der Waals surface area contributed by atoms with E-state index in [9.17, 15) is 14.4 Å². The first-order chi connectivity index (χ1) is 16.0. The molecule has 0 aromatic carbocycles. The van der Waals surface area contributed by atoms with Crippen LogP contribution in [0.5, 0.6) is 0 Å². The fourth-order valence-corrected chi connectivity index (χ4v) is 4.51. The minimum atomic E-state index is -0.602. The Labute approximate surface area is 208 Å². The van der Waals surface area contributed by atoms with Gasteiger partial charge < -0.3 is 15.5 Å². The second kappa shape index (κ2) is 15.2. The first-order valence-corrected chi connectivity index (χ1v) is 13.2.